The van der Waals surface area contributed by atoms with Gasteiger partial charge >= 0.3 is 0 Å². The van der Waals surface area contributed by atoms with E-state index in [9.17, 15) is 0 Å². The van der Waals surface area contributed by atoms with Crippen molar-refractivity contribution in [2.45, 2.75) is 36.1 Å². The van der Waals surface area contributed by atoms with Crippen LogP contribution in [0.4, 0.5) is 0 Å². The summed E-state index contributed by atoms with van der Waals surface area (Å²) in [5.41, 5.74) is 1.95. The van der Waals surface area contributed by atoms with E-state index in [4.69, 9.17) is 9.47 Å². The van der Waals surface area contributed by atoms with Crippen molar-refractivity contribution in [3.05, 3.63) is 48.5 Å². The van der Waals surface area contributed by atoms with Gasteiger partial charge in [-0.1, -0.05) is 36.7 Å². The van der Waals surface area contributed by atoms with Gasteiger partial charge in [0.05, 0.1) is 25.5 Å². The van der Waals surface area contributed by atoms with Crippen molar-refractivity contribution < 1.29 is 9.47 Å². The Labute approximate surface area is 163 Å². The Morgan fingerprint density at radius 3 is 2.37 bits per heavy atom. The molecular formula is C21H23N3O2S. The molecule has 1 fully saturated rings. The SMILES string of the molecule is COc1ccc(-n2c(SC3CCCC3)nnc2-c2ccccc2OC)cc1. The van der Waals surface area contributed by atoms with E-state index in [-0.39, 0.29) is 0 Å². The summed E-state index contributed by atoms with van der Waals surface area (Å²) in [6.45, 7) is 0. The number of para-hydroxylation sites is 1. The number of rotatable bonds is 6. The highest BCUT2D eigenvalue weighted by Crippen LogP contribution is 2.38. The highest BCUT2D eigenvalue weighted by Gasteiger charge is 2.23. The molecule has 4 rings (SSSR count). The van der Waals surface area contributed by atoms with Crippen LogP contribution in [0.15, 0.2) is 53.7 Å². The topological polar surface area (TPSA) is 49.2 Å². The molecule has 140 valence electrons. The van der Waals surface area contributed by atoms with E-state index in [0.717, 1.165) is 33.7 Å². The minimum Gasteiger partial charge on any atom is -0.497 e. The standard InChI is InChI=1S/C21H23N3O2S/c1-25-16-13-11-15(12-14-16)24-20(18-9-5-6-10-19(18)26-2)22-23-21(24)27-17-7-3-4-8-17/h5-6,9-14,17H,3-4,7-8H2,1-2H3. The van der Waals surface area contributed by atoms with Crippen molar-refractivity contribution in [2.24, 2.45) is 0 Å². The van der Waals surface area contributed by atoms with Crippen LogP contribution in [-0.4, -0.2) is 34.2 Å². The molecule has 1 heterocycles. The van der Waals surface area contributed by atoms with E-state index in [1.54, 1.807) is 14.2 Å². The van der Waals surface area contributed by atoms with E-state index in [2.05, 4.69) is 14.8 Å². The van der Waals surface area contributed by atoms with Crippen LogP contribution < -0.4 is 9.47 Å². The summed E-state index contributed by atoms with van der Waals surface area (Å²) in [4.78, 5) is 0. The smallest absolute Gasteiger partial charge is 0.196 e. The number of nitrogens with zero attached hydrogens (tertiary/aromatic N) is 3. The predicted molar refractivity (Wildman–Crippen MR) is 108 cm³/mol. The maximum atomic E-state index is 5.56. The largest absolute Gasteiger partial charge is 0.497 e. The lowest BCUT2D eigenvalue weighted by Crippen LogP contribution is -2.03. The van der Waals surface area contributed by atoms with Crippen LogP contribution in [0.1, 0.15) is 25.7 Å². The van der Waals surface area contributed by atoms with Gasteiger partial charge in [-0.2, -0.15) is 0 Å². The molecule has 0 radical (unpaired) electrons. The molecule has 5 nitrogen and oxygen atoms in total. The number of aromatic nitrogens is 3. The average molecular weight is 382 g/mol. The molecule has 2 aromatic carbocycles. The molecule has 3 aromatic rings. The molecule has 1 aliphatic rings. The molecule has 0 spiro atoms. The fourth-order valence-corrected chi connectivity index (χ4v) is 4.72. The second-order valence-electron chi connectivity index (χ2n) is 6.56. The molecule has 1 aromatic heterocycles. The number of thioether (sulfide) groups is 1. The lowest BCUT2D eigenvalue weighted by Gasteiger charge is -2.14. The lowest BCUT2D eigenvalue weighted by molar-refractivity contribution is 0.414. The average Bonchev–Trinajstić information content (AvgIpc) is 3.38. The van der Waals surface area contributed by atoms with Crippen LogP contribution in [0.5, 0.6) is 11.5 Å². The third kappa shape index (κ3) is 3.67. The zero-order valence-corrected chi connectivity index (χ0v) is 16.4. The minimum atomic E-state index is 0.608. The van der Waals surface area contributed by atoms with Crippen LogP contribution in [0.2, 0.25) is 0 Å². The second-order valence-corrected chi connectivity index (χ2v) is 7.83. The molecular weight excluding hydrogens is 358 g/mol. The Hall–Kier alpha value is -2.47. The fraction of sp³-hybridized carbons (Fsp3) is 0.333. The monoisotopic (exact) mass is 381 g/mol. The third-order valence-corrected chi connectivity index (χ3v) is 6.17. The van der Waals surface area contributed by atoms with Crippen molar-refractivity contribution in [2.75, 3.05) is 14.2 Å². The Balaban J connectivity index is 1.81. The Kier molecular flexibility index (Phi) is 5.34. The summed E-state index contributed by atoms with van der Waals surface area (Å²) >= 11 is 1.83. The van der Waals surface area contributed by atoms with E-state index in [1.165, 1.54) is 25.7 Å². The molecule has 0 bridgehead atoms. The van der Waals surface area contributed by atoms with Gasteiger partial charge in [0.1, 0.15) is 11.5 Å². The molecule has 1 saturated carbocycles. The van der Waals surface area contributed by atoms with Crippen LogP contribution in [0, 0.1) is 0 Å². The first-order valence-electron chi connectivity index (χ1n) is 9.20. The molecule has 0 aliphatic heterocycles. The lowest BCUT2D eigenvalue weighted by atomic mass is 10.2. The van der Waals surface area contributed by atoms with Gasteiger partial charge in [0, 0.05) is 5.25 Å². The van der Waals surface area contributed by atoms with E-state index < -0.39 is 0 Å². The van der Waals surface area contributed by atoms with Crippen LogP contribution in [-0.2, 0) is 0 Å². The van der Waals surface area contributed by atoms with E-state index in [0.29, 0.717) is 5.25 Å². The fourth-order valence-electron chi connectivity index (χ4n) is 3.47. The predicted octanol–water partition coefficient (Wildman–Crippen LogP) is 4.99. The molecule has 0 N–H and O–H groups in total. The van der Waals surface area contributed by atoms with Gasteiger partial charge in [-0.3, -0.25) is 4.57 Å². The highest BCUT2D eigenvalue weighted by molar-refractivity contribution is 7.99. The number of methoxy groups -OCH3 is 2. The summed E-state index contributed by atoms with van der Waals surface area (Å²) < 4.78 is 13.0. The van der Waals surface area contributed by atoms with Crippen LogP contribution in [0.25, 0.3) is 17.1 Å². The quantitative estimate of drug-likeness (QED) is 0.602. The molecule has 27 heavy (non-hydrogen) atoms. The normalized spacial score (nSPS) is 14.4. The first-order valence-corrected chi connectivity index (χ1v) is 10.1. The van der Waals surface area contributed by atoms with Gasteiger partial charge in [0.2, 0.25) is 0 Å². The molecule has 0 unspecified atom stereocenters. The molecule has 6 heteroatoms. The number of ether oxygens (including phenoxy) is 2. The maximum absolute atomic E-state index is 5.56. The summed E-state index contributed by atoms with van der Waals surface area (Å²) in [6, 6.07) is 15.9. The van der Waals surface area contributed by atoms with Gasteiger partial charge < -0.3 is 9.47 Å². The minimum absolute atomic E-state index is 0.608. The van der Waals surface area contributed by atoms with Crippen molar-refractivity contribution in [1.82, 2.24) is 14.8 Å². The van der Waals surface area contributed by atoms with E-state index >= 15 is 0 Å². The van der Waals surface area contributed by atoms with Crippen molar-refractivity contribution >= 4 is 11.8 Å². The molecule has 0 atom stereocenters. The third-order valence-electron chi connectivity index (χ3n) is 4.89. The van der Waals surface area contributed by atoms with Crippen LogP contribution in [0.3, 0.4) is 0 Å². The van der Waals surface area contributed by atoms with Gasteiger partial charge in [-0.05, 0) is 49.2 Å². The first-order chi connectivity index (χ1) is 13.3. The van der Waals surface area contributed by atoms with Gasteiger partial charge in [0.15, 0.2) is 11.0 Å². The summed E-state index contributed by atoms with van der Waals surface area (Å²) in [6.07, 6.45) is 5.08. The Morgan fingerprint density at radius 2 is 1.67 bits per heavy atom. The Morgan fingerprint density at radius 1 is 0.926 bits per heavy atom. The molecule has 0 amide bonds. The summed E-state index contributed by atoms with van der Waals surface area (Å²) in [5.74, 6) is 2.41. The summed E-state index contributed by atoms with van der Waals surface area (Å²) in [7, 11) is 3.36. The number of hydrogen-bond donors (Lipinski definition) is 0. The van der Waals surface area contributed by atoms with Crippen LogP contribution >= 0.6 is 11.8 Å². The van der Waals surface area contributed by atoms with Gasteiger partial charge in [0.25, 0.3) is 0 Å². The van der Waals surface area contributed by atoms with Gasteiger partial charge in [-0.15, -0.1) is 10.2 Å². The zero-order chi connectivity index (χ0) is 18.6. The second kappa shape index (κ2) is 8.05. The Bertz CT molecular complexity index is 902. The van der Waals surface area contributed by atoms with E-state index in [1.807, 2.05) is 60.3 Å². The first kappa shape index (κ1) is 17.9. The summed E-state index contributed by atoms with van der Waals surface area (Å²) in [5, 5.41) is 10.6. The van der Waals surface area contributed by atoms with Crippen molar-refractivity contribution in [3.63, 3.8) is 0 Å². The maximum Gasteiger partial charge on any atom is 0.196 e. The molecule has 1 aliphatic carbocycles. The van der Waals surface area contributed by atoms with Crippen molar-refractivity contribution in [3.8, 4) is 28.6 Å². The number of benzene rings is 2. The molecule has 0 saturated heterocycles. The number of hydrogen-bond acceptors (Lipinski definition) is 5. The zero-order valence-electron chi connectivity index (χ0n) is 15.6. The van der Waals surface area contributed by atoms with Gasteiger partial charge in [-0.25, -0.2) is 0 Å². The van der Waals surface area contributed by atoms with Crippen molar-refractivity contribution in [1.29, 1.82) is 0 Å². The highest BCUT2D eigenvalue weighted by atomic mass is 32.2.